The summed E-state index contributed by atoms with van der Waals surface area (Å²) in [5, 5.41) is 26.0. The number of rotatable bonds is 11. The smallest absolute Gasteiger partial charge is 0.408 e. The molecule has 1 aliphatic heterocycles. The van der Waals surface area contributed by atoms with E-state index in [1.54, 1.807) is 48.7 Å². The van der Waals surface area contributed by atoms with Crippen molar-refractivity contribution >= 4 is 34.8 Å². The summed E-state index contributed by atoms with van der Waals surface area (Å²) in [6, 6.07) is 12.8. The summed E-state index contributed by atoms with van der Waals surface area (Å²) in [7, 11) is 0. The number of fused-ring (bicyclic) bond motifs is 1. The number of nitrogens with zero attached hydrogens (tertiary/aromatic N) is 3. The highest BCUT2D eigenvalue weighted by molar-refractivity contribution is 5.98. The van der Waals surface area contributed by atoms with Gasteiger partial charge in [0, 0.05) is 37.1 Å². The molecule has 2 aromatic carbocycles. The molecule has 0 aliphatic carbocycles. The van der Waals surface area contributed by atoms with Crippen molar-refractivity contribution in [2.24, 2.45) is 4.99 Å². The molecule has 2 amide bonds. The molecule has 0 fully saturated rings. The molecule has 12 nitrogen and oxygen atoms in total. The number of nitrogens with one attached hydrogen (secondary N) is 4. The van der Waals surface area contributed by atoms with Crippen LogP contribution in [0.1, 0.15) is 22.3 Å². The van der Waals surface area contributed by atoms with Crippen LogP contribution in [0.3, 0.4) is 0 Å². The second kappa shape index (κ2) is 12.4. The monoisotopic (exact) mass is 507 g/mol. The SMILES string of the molecule is O=C(N[C@@H](CNC(=O)c1ccc2cnn(CCCNC3=NCCN3)c2c1)C(=O)O)OCc1ccccc1. The predicted molar refractivity (Wildman–Crippen MR) is 136 cm³/mol. The molecule has 0 bridgehead atoms. The summed E-state index contributed by atoms with van der Waals surface area (Å²) in [5.41, 5.74) is 1.91. The maximum atomic E-state index is 12.7. The Labute approximate surface area is 213 Å². The molecule has 1 aromatic heterocycles. The Morgan fingerprint density at radius 1 is 1.16 bits per heavy atom. The van der Waals surface area contributed by atoms with Crippen LogP contribution in [-0.4, -0.2) is 71.0 Å². The Kier molecular flexibility index (Phi) is 8.53. The van der Waals surface area contributed by atoms with Gasteiger partial charge in [-0.15, -0.1) is 0 Å². The number of carboxylic acids is 1. The number of aliphatic carboxylic acids is 1. The predicted octanol–water partition coefficient (Wildman–Crippen LogP) is 1.08. The first-order valence-corrected chi connectivity index (χ1v) is 12.0. The molecule has 194 valence electrons. The lowest BCUT2D eigenvalue weighted by Gasteiger charge is -2.15. The molecule has 3 aromatic rings. The molecule has 5 N–H and O–H groups in total. The van der Waals surface area contributed by atoms with E-state index in [1.807, 2.05) is 10.7 Å². The van der Waals surface area contributed by atoms with Crippen molar-refractivity contribution in [2.75, 3.05) is 26.2 Å². The number of aromatic nitrogens is 2. The van der Waals surface area contributed by atoms with Gasteiger partial charge in [0.05, 0.1) is 18.3 Å². The van der Waals surface area contributed by atoms with Crippen molar-refractivity contribution in [1.29, 1.82) is 0 Å². The Hall–Kier alpha value is -4.61. The van der Waals surface area contributed by atoms with Crippen LogP contribution in [0.15, 0.2) is 59.7 Å². The third-order valence-corrected chi connectivity index (χ3v) is 5.69. The van der Waals surface area contributed by atoms with Crippen molar-refractivity contribution in [3.8, 4) is 0 Å². The maximum Gasteiger partial charge on any atom is 0.408 e. The van der Waals surface area contributed by atoms with Gasteiger partial charge in [0.1, 0.15) is 12.6 Å². The lowest BCUT2D eigenvalue weighted by atomic mass is 10.1. The average molecular weight is 508 g/mol. The van der Waals surface area contributed by atoms with Gasteiger partial charge in [-0.05, 0) is 24.1 Å². The minimum absolute atomic E-state index is 0.000765. The number of amides is 2. The molecule has 0 saturated heterocycles. The summed E-state index contributed by atoms with van der Waals surface area (Å²) in [4.78, 5) is 40.7. The highest BCUT2D eigenvalue weighted by Crippen LogP contribution is 2.16. The average Bonchev–Trinajstić information content (AvgIpc) is 3.58. The lowest BCUT2D eigenvalue weighted by molar-refractivity contribution is -0.139. The highest BCUT2D eigenvalue weighted by Gasteiger charge is 2.22. The zero-order chi connectivity index (χ0) is 26.0. The van der Waals surface area contributed by atoms with Crippen LogP contribution in [0.5, 0.6) is 0 Å². The topological polar surface area (TPSA) is 159 Å². The van der Waals surface area contributed by atoms with Crippen LogP contribution in [0, 0.1) is 0 Å². The second-order valence-corrected chi connectivity index (χ2v) is 8.39. The van der Waals surface area contributed by atoms with Crippen molar-refractivity contribution < 1.29 is 24.2 Å². The van der Waals surface area contributed by atoms with Crippen LogP contribution >= 0.6 is 0 Å². The number of guanidine groups is 1. The van der Waals surface area contributed by atoms with E-state index in [0.29, 0.717) is 12.1 Å². The number of aliphatic imine (C=N–C) groups is 1. The highest BCUT2D eigenvalue weighted by atomic mass is 16.5. The molecule has 1 atom stereocenters. The van der Waals surface area contributed by atoms with Crippen LogP contribution in [0.25, 0.3) is 10.9 Å². The van der Waals surface area contributed by atoms with Crippen molar-refractivity contribution in [1.82, 2.24) is 31.0 Å². The number of ether oxygens (including phenoxy) is 1. The number of hydrogen-bond donors (Lipinski definition) is 5. The van der Waals surface area contributed by atoms with Gasteiger partial charge in [-0.25, -0.2) is 9.59 Å². The van der Waals surface area contributed by atoms with E-state index in [1.165, 1.54) is 0 Å². The summed E-state index contributed by atoms with van der Waals surface area (Å²) >= 11 is 0. The zero-order valence-electron chi connectivity index (χ0n) is 20.1. The first-order valence-electron chi connectivity index (χ1n) is 12.0. The number of carbonyl (C=O) groups is 3. The standard InChI is InChI=1S/C25H29N7O5/c33-22(29-15-20(23(34)35)31-25(36)37-16-17-5-2-1-3-6-17)18-7-8-19-14-30-32(21(19)13-18)12-4-9-26-24-27-10-11-28-24/h1-3,5-8,13-14,20H,4,9-12,15-16H2,(H,29,33)(H,31,36)(H,34,35)(H2,26,27,28)/t20-/m0/s1. The molecule has 0 saturated carbocycles. The van der Waals surface area contributed by atoms with Crippen molar-refractivity contribution in [3.63, 3.8) is 0 Å². The van der Waals surface area contributed by atoms with Gasteiger partial charge in [0.15, 0.2) is 5.96 Å². The van der Waals surface area contributed by atoms with Gasteiger partial charge in [-0.3, -0.25) is 14.5 Å². The van der Waals surface area contributed by atoms with Gasteiger partial charge in [0.25, 0.3) is 5.91 Å². The summed E-state index contributed by atoms with van der Waals surface area (Å²) in [5.74, 6) is -0.951. The first-order chi connectivity index (χ1) is 18.0. The molecular weight excluding hydrogens is 478 g/mol. The van der Waals surface area contributed by atoms with Crippen LogP contribution in [-0.2, 0) is 22.7 Å². The van der Waals surface area contributed by atoms with E-state index in [9.17, 15) is 19.5 Å². The van der Waals surface area contributed by atoms with Gasteiger partial charge in [-0.1, -0.05) is 36.4 Å². The van der Waals surface area contributed by atoms with E-state index in [0.717, 1.165) is 48.5 Å². The molecule has 37 heavy (non-hydrogen) atoms. The van der Waals surface area contributed by atoms with E-state index < -0.39 is 24.0 Å². The Balaban J connectivity index is 1.29. The Morgan fingerprint density at radius 2 is 2.00 bits per heavy atom. The molecule has 0 spiro atoms. The third kappa shape index (κ3) is 7.19. The number of hydrogen-bond acceptors (Lipinski definition) is 8. The molecule has 0 unspecified atom stereocenters. The number of carboxylic acid groups (broad SMARTS) is 1. The Bertz CT molecular complexity index is 1270. The molecular formula is C25H29N7O5. The zero-order valence-corrected chi connectivity index (χ0v) is 20.1. The largest absolute Gasteiger partial charge is 0.480 e. The minimum atomic E-state index is -1.35. The fraction of sp³-hybridized carbons (Fsp3) is 0.320. The normalized spacial score (nSPS) is 13.4. The third-order valence-electron chi connectivity index (χ3n) is 5.69. The molecule has 1 aliphatic rings. The van der Waals surface area contributed by atoms with Gasteiger partial charge in [-0.2, -0.15) is 5.10 Å². The molecule has 12 heteroatoms. The number of benzene rings is 2. The Morgan fingerprint density at radius 3 is 2.76 bits per heavy atom. The fourth-order valence-corrected chi connectivity index (χ4v) is 3.75. The van der Waals surface area contributed by atoms with Crippen molar-refractivity contribution in [2.45, 2.75) is 25.6 Å². The summed E-state index contributed by atoms with van der Waals surface area (Å²) in [6.45, 7) is 2.68. The van der Waals surface area contributed by atoms with Crippen LogP contribution in [0.4, 0.5) is 4.79 Å². The lowest BCUT2D eigenvalue weighted by Crippen LogP contribution is -2.48. The van der Waals surface area contributed by atoms with E-state index in [-0.39, 0.29) is 13.2 Å². The number of carbonyl (C=O) groups excluding carboxylic acids is 2. The van der Waals surface area contributed by atoms with Gasteiger partial charge < -0.3 is 31.1 Å². The van der Waals surface area contributed by atoms with Gasteiger partial charge in [0.2, 0.25) is 0 Å². The van der Waals surface area contributed by atoms with E-state index in [4.69, 9.17) is 4.74 Å². The molecule has 0 radical (unpaired) electrons. The fourth-order valence-electron chi connectivity index (χ4n) is 3.75. The first kappa shape index (κ1) is 25.5. The minimum Gasteiger partial charge on any atom is -0.480 e. The quantitative estimate of drug-likeness (QED) is 0.241. The molecule has 2 heterocycles. The van der Waals surface area contributed by atoms with Crippen molar-refractivity contribution in [3.05, 3.63) is 65.9 Å². The maximum absolute atomic E-state index is 12.7. The number of aryl methyl sites for hydroxylation is 1. The second-order valence-electron chi connectivity index (χ2n) is 8.39. The summed E-state index contributed by atoms with van der Waals surface area (Å²) < 4.78 is 6.89. The van der Waals surface area contributed by atoms with Crippen LogP contribution < -0.4 is 21.3 Å². The molecule has 4 rings (SSSR count). The van der Waals surface area contributed by atoms with Gasteiger partial charge >= 0.3 is 12.1 Å². The van der Waals surface area contributed by atoms with Crippen LogP contribution in [0.2, 0.25) is 0 Å². The summed E-state index contributed by atoms with van der Waals surface area (Å²) in [6.07, 6.45) is 1.65. The van der Waals surface area contributed by atoms with E-state index >= 15 is 0 Å². The number of alkyl carbamates (subject to hydrolysis) is 1. The van der Waals surface area contributed by atoms with E-state index in [2.05, 4.69) is 31.4 Å².